The van der Waals surface area contributed by atoms with Crippen LogP contribution in [0.5, 0.6) is 0 Å². The topological polar surface area (TPSA) is 37.3 Å². The molecule has 2 fully saturated rings. The molecule has 4 unspecified atom stereocenters. The first-order valence-electron chi connectivity index (χ1n) is 3.61. The highest BCUT2D eigenvalue weighted by Gasteiger charge is 2.70. The van der Waals surface area contributed by atoms with E-state index in [1.807, 2.05) is 0 Å². The van der Waals surface area contributed by atoms with Crippen LogP contribution >= 0.6 is 0 Å². The molecule has 2 rings (SSSR count). The van der Waals surface area contributed by atoms with Crippen molar-refractivity contribution >= 4 is 5.97 Å². The van der Waals surface area contributed by atoms with Crippen LogP contribution in [0.4, 0.5) is 8.78 Å². The van der Waals surface area contributed by atoms with E-state index in [1.165, 1.54) is 0 Å². The Morgan fingerprint density at radius 2 is 2.18 bits per heavy atom. The Kier molecular flexibility index (Phi) is 1.10. The summed E-state index contributed by atoms with van der Waals surface area (Å²) in [5, 5.41) is 8.41. The Morgan fingerprint density at radius 3 is 2.45 bits per heavy atom. The average Bonchev–Trinajstić information content (AvgIpc) is 2.69. The number of carboxylic acids is 1. The van der Waals surface area contributed by atoms with Crippen molar-refractivity contribution in [2.24, 2.45) is 11.8 Å². The van der Waals surface area contributed by atoms with E-state index in [0.717, 1.165) is 0 Å². The van der Waals surface area contributed by atoms with Gasteiger partial charge in [-0.15, -0.1) is 0 Å². The lowest BCUT2D eigenvalue weighted by Gasteiger charge is -1.99. The minimum absolute atomic E-state index is 0.0958. The van der Waals surface area contributed by atoms with Crippen molar-refractivity contribution < 1.29 is 18.7 Å². The smallest absolute Gasteiger partial charge is 0.306 e. The van der Waals surface area contributed by atoms with Gasteiger partial charge in [0.2, 0.25) is 0 Å². The summed E-state index contributed by atoms with van der Waals surface area (Å²) >= 11 is 0. The van der Waals surface area contributed by atoms with E-state index in [0.29, 0.717) is 6.42 Å². The van der Waals surface area contributed by atoms with E-state index in [2.05, 4.69) is 0 Å². The second-order valence-electron chi connectivity index (χ2n) is 3.39. The Hall–Kier alpha value is -0.670. The maximum absolute atomic E-state index is 13.1. The fourth-order valence-corrected chi connectivity index (χ4v) is 1.60. The van der Waals surface area contributed by atoms with Crippen molar-refractivity contribution in [1.29, 1.82) is 0 Å². The first-order chi connectivity index (χ1) is 5.05. The second-order valence-corrected chi connectivity index (χ2v) is 3.39. The minimum atomic E-state index is -1.77. The standard InChI is InChI=1S/C7H8F2O2/c8-5-2-7(5,9)4-1-3(4)6(10)11/h3-5H,1-2H2,(H,10,11). The normalized spacial score (nSPS) is 53.8. The van der Waals surface area contributed by atoms with Gasteiger partial charge in [-0.25, -0.2) is 8.78 Å². The molecule has 2 nitrogen and oxygen atoms in total. The largest absolute Gasteiger partial charge is 0.481 e. The lowest BCUT2D eigenvalue weighted by atomic mass is 10.2. The molecule has 0 radical (unpaired) electrons. The number of carbonyl (C=O) groups is 1. The molecule has 11 heavy (non-hydrogen) atoms. The molecule has 0 aromatic rings. The van der Waals surface area contributed by atoms with Gasteiger partial charge in [0.25, 0.3) is 0 Å². The van der Waals surface area contributed by atoms with Gasteiger partial charge in [-0.05, 0) is 6.42 Å². The fraction of sp³-hybridized carbons (Fsp3) is 0.857. The van der Waals surface area contributed by atoms with E-state index >= 15 is 0 Å². The van der Waals surface area contributed by atoms with Gasteiger partial charge >= 0.3 is 5.97 Å². The summed E-state index contributed by atoms with van der Waals surface area (Å²) in [5.74, 6) is -2.16. The van der Waals surface area contributed by atoms with Gasteiger partial charge in [-0.1, -0.05) is 0 Å². The molecule has 1 N–H and O–H groups in total. The third-order valence-electron chi connectivity index (χ3n) is 2.58. The number of carboxylic acid groups (broad SMARTS) is 1. The summed E-state index contributed by atoms with van der Waals surface area (Å²) in [7, 11) is 0. The number of halogens is 2. The summed E-state index contributed by atoms with van der Waals surface area (Å²) in [6.07, 6.45) is -1.19. The van der Waals surface area contributed by atoms with E-state index < -0.39 is 29.6 Å². The number of rotatable bonds is 2. The molecule has 2 saturated carbocycles. The molecule has 0 aromatic heterocycles. The van der Waals surface area contributed by atoms with Gasteiger partial charge in [0.15, 0.2) is 0 Å². The predicted octanol–water partition coefficient (Wildman–Crippen LogP) is 1.16. The van der Waals surface area contributed by atoms with E-state index in [4.69, 9.17) is 5.11 Å². The third kappa shape index (κ3) is 0.847. The van der Waals surface area contributed by atoms with Crippen molar-refractivity contribution in [2.75, 3.05) is 0 Å². The highest BCUT2D eigenvalue weighted by molar-refractivity contribution is 5.74. The van der Waals surface area contributed by atoms with Gasteiger partial charge < -0.3 is 5.11 Å². The molecular formula is C7H8F2O2. The van der Waals surface area contributed by atoms with Gasteiger partial charge in [-0.3, -0.25) is 4.79 Å². The monoisotopic (exact) mass is 162 g/mol. The molecule has 62 valence electrons. The van der Waals surface area contributed by atoms with Crippen LogP contribution in [-0.2, 0) is 4.79 Å². The molecule has 0 spiro atoms. The summed E-state index contributed by atoms with van der Waals surface area (Å²) in [5.41, 5.74) is -1.77. The van der Waals surface area contributed by atoms with Crippen molar-refractivity contribution in [1.82, 2.24) is 0 Å². The average molecular weight is 162 g/mol. The Morgan fingerprint density at radius 1 is 1.64 bits per heavy atom. The predicted molar refractivity (Wildman–Crippen MR) is 32.6 cm³/mol. The maximum Gasteiger partial charge on any atom is 0.306 e. The SMILES string of the molecule is O=C(O)C1CC1C1(F)CC1F. The molecule has 4 heteroatoms. The zero-order valence-electron chi connectivity index (χ0n) is 5.76. The van der Waals surface area contributed by atoms with Crippen LogP contribution < -0.4 is 0 Å². The maximum atomic E-state index is 13.1. The van der Waals surface area contributed by atoms with Crippen LogP contribution in [0, 0.1) is 11.8 Å². The lowest BCUT2D eigenvalue weighted by Crippen LogP contribution is -2.12. The highest BCUT2D eigenvalue weighted by atomic mass is 19.2. The number of hydrogen-bond donors (Lipinski definition) is 1. The Labute approximate surface area is 62.2 Å². The van der Waals surface area contributed by atoms with Crippen molar-refractivity contribution in [3.63, 3.8) is 0 Å². The first-order valence-corrected chi connectivity index (χ1v) is 3.61. The van der Waals surface area contributed by atoms with Gasteiger partial charge in [0.1, 0.15) is 11.8 Å². The summed E-state index contributed by atoms with van der Waals surface area (Å²) in [4.78, 5) is 10.3. The van der Waals surface area contributed by atoms with Gasteiger partial charge in [-0.2, -0.15) is 0 Å². The third-order valence-corrected chi connectivity index (χ3v) is 2.58. The molecule has 0 aromatic carbocycles. The Bertz CT molecular complexity index is 218. The second kappa shape index (κ2) is 1.73. The molecule has 0 bridgehead atoms. The Balaban J connectivity index is 1.97. The molecule has 0 heterocycles. The number of hydrogen-bond acceptors (Lipinski definition) is 1. The summed E-state index contributed by atoms with van der Waals surface area (Å²) < 4.78 is 25.4. The fourth-order valence-electron chi connectivity index (χ4n) is 1.60. The minimum Gasteiger partial charge on any atom is -0.481 e. The lowest BCUT2D eigenvalue weighted by molar-refractivity contribution is -0.139. The summed E-state index contributed by atoms with van der Waals surface area (Å²) in [6.45, 7) is 0. The van der Waals surface area contributed by atoms with Crippen LogP contribution in [0.2, 0.25) is 0 Å². The van der Waals surface area contributed by atoms with Crippen LogP contribution in [0.1, 0.15) is 12.8 Å². The van der Waals surface area contributed by atoms with Crippen LogP contribution in [0.25, 0.3) is 0 Å². The highest BCUT2D eigenvalue weighted by Crippen LogP contribution is 2.61. The molecule has 0 aliphatic heterocycles. The molecule has 2 aliphatic carbocycles. The van der Waals surface area contributed by atoms with Gasteiger partial charge in [0.05, 0.1) is 5.92 Å². The van der Waals surface area contributed by atoms with Crippen LogP contribution in [0.15, 0.2) is 0 Å². The molecule has 2 aliphatic rings. The zero-order chi connectivity index (χ0) is 8.22. The van der Waals surface area contributed by atoms with E-state index in [9.17, 15) is 13.6 Å². The van der Waals surface area contributed by atoms with Crippen molar-refractivity contribution in [3.8, 4) is 0 Å². The number of aliphatic carboxylic acids is 1. The molecule has 4 atom stereocenters. The van der Waals surface area contributed by atoms with E-state index in [1.54, 1.807) is 0 Å². The van der Waals surface area contributed by atoms with Crippen molar-refractivity contribution in [3.05, 3.63) is 0 Å². The zero-order valence-corrected chi connectivity index (χ0v) is 5.76. The quantitative estimate of drug-likeness (QED) is 0.661. The van der Waals surface area contributed by atoms with E-state index in [-0.39, 0.29) is 6.42 Å². The molecule has 0 amide bonds. The summed E-state index contributed by atoms with van der Waals surface area (Å²) in [6, 6.07) is 0. The molecular weight excluding hydrogens is 154 g/mol. The molecule has 0 saturated heterocycles. The van der Waals surface area contributed by atoms with Gasteiger partial charge in [0, 0.05) is 12.3 Å². The van der Waals surface area contributed by atoms with Crippen LogP contribution in [-0.4, -0.2) is 22.9 Å². The number of alkyl halides is 2. The van der Waals surface area contributed by atoms with Crippen molar-refractivity contribution in [2.45, 2.75) is 24.7 Å². The first kappa shape index (κ1) is 7.00. The van der Waals surface area contributed by atoms with Crippen LogP contribution in [0.3, 0.4) is 0 Å².